The summed E-state index contributed by atoms with van der Waals surface area (Å²) in [5.41, 5.74) is 0. The Bertz CT molecular complexity index is 612. The number of nitrogens with one attached hydrogen (secondary N) is 1. The van der Waals surface area contributed by atoms with Crippen LogP contribution in [0.3, 0.4) is 0 Å². The molecule has 22 heavy (non-hydrogen) atoms. The van der Waals surface area contributed by atoms with Crippen molar-refractivity contribution in [2.24, 2.45) is 5.92 Å². The van der Waals surface area contributed by atoms with E-state index in [0.717, 1.165) is 0 Å². The SMILES string of the molecule is CCOc1ccc(S(=O)(=O)NC(=O)[C@@H](C)CC)cc1OCC. The molecule has 124 valence electrons. The molecular formula is C15H23NO5S. The number of rotatable bonds is 8. The molecule has 1 N–H and O–H groups in total. The summed E-state index contributed by atoms with van der Waals surface area (Å²) in [6, 6.07) is 4.28. The van der Waals surface area contributed by atoms with Crippen molar-refractivity contribution < 1.29 is 22.7 Å². The predicted octanol–water partition coefficient (Wildman–Crippen LogP) is 2.33. The molecule has 0 radical (unpaired) electrons. The van der Waals surface area contributed by atoms with Crippen molar-refractivity contribution in [1.29, 1.82) is 0 Å². The van der Waals surface area contributed by atoms with Gasteiger partial charge in [0.25, 0.3) is 10.0 Å². The molecule has 1 rings (SSSR count). The molecule has 0 spiro atoms. The van der Waals surface area contributed by atoms with Crippen LogP contribution >= 0.6 is 0 Å². The number of carbonyl (C=O) groups excluding carboxylic acids is 1. The largest absolute Gasteiger partial charge is 0.490 e. The van der Waals surface area contributed by atoms with Gasteiger partial charge < -0.3 is 9.47 Å². The van der Waals surface area contributed by atoms with Crippen molar-refractivity contribution in [3.8, 4) is 11.5 Å². The van der Waals surface area contributed by atoms with Gasteiger partial charge in [0.2, 0.25) is 5.91 Å². The highest BCUT2D eigenvalue weighted by atomic mass is 32.2. The van der Waals surface area contributed by atoms with Gasteiger partial charge in [-0.15, -0.1) is 0 Å². The fourth-order valence-corrected chi connectivity index (χ4v) is 2.77. The maximum Gasteiger partial charge on any atom is 0.264 e. The molecule has 0 heterocycles. The molecule has 0 aliphatic rings. The van der Waals surface area contributed by atoms with Crippen molar-refractivity contribution in [2.75, 3.05) is 13.2 Å². The van der Waals surface area contributed by atoms with Gasteiger partial charge in [-0.25, -0.2) is 13.1 Å². The molecule has 1 atom stereocenters. The average molecular weight is 329 g/mol. The number of hydrogen-bond donors (Lipinski definition) is 1. The molecule has 1 aromatic rings. The summed E-state index contributed by atoms with van der Waals surface area (Å²) < 4.78 is 37.4. The molecule has 6 nitrogen and oxygen atoms in total. The Morgan fingerprint density at radius 2 is 1.73 bits per heavy atom. The predicted molar refractivity (Wildman–Crippen MR) is 83.6 cm³/mol. The van der Waals surface area contributed by atoms with Crippen molar-refractivity contribution in [3.63, 3.8) is 0 Å². The summed E-state index contributed by atoms with van der Waals surface area (Å²) in [6.07, 6.45) is 0.564. The monoisotopic (exact) mass is 329 g/mol. The minimum Gasteiger partial charge on any atom is -0.490 e. The minimum atomic E-state index is -3.92. The number of carbonyl (C=O) groups is 1. The van der Waals surface area contributed by atoms with Crippen LogP contribution in [0, 0.1) is 5.92 Å². The maximum atomic E-state index is 12.3. The zero-order chi connectivity index (χ0) is 16.8. The Labute approximate surface area is 131 Å². The zero-order valence-corrected chi connectivity index (χ0v) is 14.2. The fourth-order valence-electron chi connectivity index (χ4n) is 1.68. The number of sulfonamides is 1. The van der Waals surface area contributed by atoms with Crippen LogP contribution in [0.5, 0.6) is 11.5 Å². The first-order chi connectivity index (χ1) is 10.4. The quantitative estimate of drug-likeness (QED) is 0.791. The number of ether oxygens (including phenoxy) is 2. The standard InChI is InChI=1S/C15H23NO5S/c1-5-11(4)15(17)16-22(18,19)12-8-9-13(20-6-2)14(10-12)21-7-3/h8-11H,5-7H2,1-4H3,(H,16,17)/t11-/m0/s1. The molecule has 0 aliphatic heterocycles. The Hall–Kier alpha value is -1.76. The Morgan fingerprint density at radius 3 is 2.27 bits per heavy atom. The molecule has 0 fully saturated rings. The van der Waals surface area contributed by atoms with Gasteiger partial charge in [0.15, 0.2) is 11.5 Å². The highest BCUT2D eigenvalue weighted by molar-refractivity contribution is 7.90. The van der Waals surface area contributed by atoms with Crippen molar-refractivity contribution in [1.82, 2.24) is 4.72 Å². The first-order valence-electron chi connectivity index (χ1n) is 7.31. The van der Waals surface area contributed by atoms with E-state index in [-0.39, 0.29) is 10.8 Å². The number of hydrogen-bond acceptors (Lipinski definition) is 5. The lowest BCUT2D eigenvalue weighted by atomic mass is 10.1. The summed E-state index contributed by atoms with van der Waals surface area (Å²) in [5, 5.41) is 0. The minimum absolute atomic E-state index is 0.0314. The Kier molecular flexibility index (Phi) is 6.67. The van der Waals surface area contributed by atoms with Crippen LogP contribution in [0.15, 0.2) is 23.1 Å². The van der Waals surface area contributed by atoms with Crippen LogP contribution in [-0.4, -0.2) is 27.5 Å². The van der Waals surface area contributed by atoms with Gasteiger partial charge in [-0.1, -0.05) is 13.8 Å². The third kappa shape index (κ3) is 4.62. The van der Waals surface area contributed by atoms with Crippen molar-refractivity contribution >= 4 is 15.9 Å². The second-order valence-corrected chi connectivity index (χ2v) is 6.44. The van der Waals surface area contributed by atoms with E-state index in [4.69, 9.17) is 9.47 Å². The van der Waals surface area contributed by atoms with Crippen LogP contribution in [0.4, 0.5) is 0 Å². The number of amides is 1. The average Bonchev–Trinajstić information content (AvgIpc) is 2.48. The summed E-state index contributed by atoms with van der Waals surface area (Å²) in [7, 11) is -3.92. The molecule has 1 amide bonds. The van der Waals surface area contributed by atoms with E-state index in [1.807, 2.05) is 13.8 Å². The third-order valence-electron chi connectivity index (χ3n) is 3.12. The molecule has 0 aromatic heterocycles. The Morgan fingerprint density at radius 1 is 1.14 bits per heavy atom. The summed E-state index contributed by atoms with van der Waals surface area (Å²) in [6.45, 7) is 7.93. The van der Waals surface area contributed by atoms with E-state index in [1.165, 1.54) is 18.2 Å². The lowest BCUT2D eigenvalue weighted by Crippen LogP contribution is -2.34. The second-order valence-electron chi connectivity index (χ2n) is 4.75. The van der Waals surface area contributed by atoms with E-state index in [2.05, 4.69) is 4.72 Å². The topological polar surface area (TPSA) is 81.7 Å². The second kappa shape index (κ2) is 8.03. The van der Waals surface area contributed by atoms with Crippen molar-refractivity contribution in [2.45, 2.75) is 39.0 Å². The third-order valence-corrected chi connectivity index (χ3v) is 4.46. The van der Waals surface area contributed by atoms with Gasteiger partial charge >= 0.3 is 0 Å². The van der Waals surface area contributed by atoms with Crippen LogP contribution in [0.1, 0.15) is 34.1 Å². The molecule has 0 saturated heterocycles. The van der Waals surface area contributed by atoms with Crippen LogP contribution < -0.4 is 14.2 Å². The van der Waals surface area contributed by atoms with Gasteiger partial charge in [0.1, 0.15) is 0 Å². The normalized spacial score (nSPS) is 12.5. The van der Waals surface area contributed by atoms with Crippen molar-refractivity contribution in [3.05, 3.63) is 18.2 Å². The molecule has 0 saturated carbocycles. The van der Waals surface area contributed by atoms with Gasteiger partial charge in [0.05, 0.1) is 18.1 Å². The first-order valence-corrected chi connectivity index (χ1v) is 8.80. The smallest absolute Gasteiger partial charge is 0.264 e. The first kappa shape index (κ1) is 18.3. The van der Waals surface area contributed by atoms with Gasteiger partial charge in [-0.05, 0) is 32.4 Å². The van der Waals surface area contributed by atoms with E-state index < -0.39 is 15.9 Å². The van der Waals surface area contributed by atoms with Gasteiger partial charge in [-0.3, -0.25) is 4.79 Å². The van der Waals surface area contributed by atoms with Gasteiger partial charge in [-0.2, -0.15) is 0 Å². The fraction of sp³-hybridized carbons (Fsp3) is 0.533. The van der Waals surface area contributed by atoms with E-state index in [1.54, 1.807) is 13.8 Å². The molecule has 0 aliphatic carbocycles. The lowest BCUT2D eigenvalue weighted by Gasteiger charge is -2.14. The highest BCUT2D eigenvalue weighted by Gasteiger charge is 2.22. The van der Waals surface area contributed by atoms with E-state index in [0.29, 0.717) is 31.1 Å². The van der Waals surface area contributed by atoms with Crippen LogP contribution in [0.25, 0.3) is 0 Å². The van der Waals surface area contributed by atoms with E-state index >= 15 is 0 Å². The molecule has 1 aromatic carbocycles. The summed E-state index contributed by atoms with van der Waals surface area (Å²) in [4.78, 5) is 11.8. The Balaban J connectivity index is 3.09. The summed E-state index contributed by atoms with van der Waals surface area (Å²) >= 11 is 0. The lowest BCUT2D eigenvalue weighted by molar-refractivity contribution is -0.122. The molecular weight excluding hydrogens is 306 g/mol. The molecule has 0 unspecified atom stereocenters. The van der Waals surface area contributed by atoms with E-state index in [9.17, 15) is 13.2 Å². The summed E-state index contributed by atoms with van der Waals surface area (Å²) in [5.74, 6) is -0.0852. The van der Waals surface area contributed by atoms with Gasteiger partial charge in [0, 0.05) is 12.0 Å². The highest BCUT2D eigenvalue weighted by Crippen LogP contribution is 2.30. The maximum absolute atomic E-state index is 12.3. The molecule has 0 bridgehead atoms. The van der Waals surface area contributed by atoms with Crippen LogP contribution in [0.2, 0.25) is 0 Å². The zero-order valence-electron chi connectivity index (χ0n) is 13.4. The number of benzene rings is 1. The van der Waals surface area contributed by atoms with Crippen LogP contribution in [-0.2, 0) is 14.8 Å². The molecule has 7 heteroatoms.